The van der Waals surface area contributed by atoms with E-state index in [2.05, 4.69) is 5.32 Å². The van der Waals surface area contributed by atoms with Crippen molar-refractivity contribution in [1.82, 2.24) is 10.2 Å². The Hall–Kier alpha value is -1.69. The highest BCUT2D eigenvalue weighted by Gasteiger charge is 2.39. The molecule has 5 nitrogen and oxygen atoms in total. The number of nitrogens with one attached hydrogen (secondary N) is 1. The predicted octanol–water partition coefficient (Wildman–Crippen LogP) is 2.85. The quantitative estimate of drug-likeness (QED) is 0.799. The van der Waals surface area contributed by atoms with Crippen LogP contribution in [0.2, 0.25) is 0 Å². The van der Waals surface area contributed by atoms with Crippen molar-refractivity contribution in [2.24, 2.45) is 5.92 Å². The van der Waals surface area contributed by atoms with Crippen LogP contribution in [-0.4, -0.2) is 34.4 Å². The molecule has 1 aromatic carbocycles. The summed E-state index contributed by atoms with van der Waals surface area (Å²) in [5, 5.41) is 3.22. The van der Waals surface area contributed by atoms with Crippen LogP contribution in [-0.2, 0) is 16.0 Å². The summed E-state index contributed by atoms with van der Waals surface area (Å²) < 4.78 is 0. The molecule has 0 spiro atoms. The predicted molar refractivity (Wildman–Crippen MR) is 105 cm³/mol. The summed E-state index contributed by atoms with van der Waals surface area (Å²) in [6.45, 7) is 0. The monoisotopic (exact) mass is 373 g/mol. The van der Waals surface area contributed by atoms with Crippen LogP contribution >= 0.6 is 11.8 Å². The number of rotatable bonds is 3. The molecule has 2 fully saturated rings. The zero-order valence-corrected chi connectivity index (χ0v) is 15.9. The molecule has 1 saturated carbocycles. The largest absolute Gasteiger partial charge is 0.399 e. The second-order valence-corrected chi connectivity index (χ2v) is 8.72. The maximum Gasteiger partial charge on any atom is 0.244 e. The Balaban J connectivity index is 1.45. The SMILES string of the molecule is Nc1ccc2c(c1)CCCC2NC(=O)C1CSCN1C(=O)C1CCCC1. The Morgan fingerprint density at radius 2 is 1.96 bits per heavy atom. The summed E-state index contributed by atoms with van der Waals surface area (Å²) in [5.41, 5.74) is 9.10. The molecule has 3 N–H and O–H groups in total. The van der Waals surface area contributed by atoms with Gasteiger partial charge in [0.1, 0.15) is 6.04 Å². The van der Waals surface area contributed by atoms with Crippen molar-refractivity contribution in [2.75, 3.05) is 17.4 Å². The number of nitrogens with zero attached hydrogens (tertiary/aromatic N) is 1. The number of hydrogen-bond donors (Lipinski definition) is 2. The van der Waals surface area contributed by atoms with Crippen LogP contribution in [0.25, 0.3) is 0 Å². The number of hydrogen-bond acceptors (Lipinski definition) is 4. The van der Waals surface area contributed by atoms with Gasteiger partial charge in [0.2, 0.25) is 11.8 Å². The molecule has 2 unspecified atom stereocenters. The van der Waals surface area contributed by atoms with Crippen LogP contribution in [0.5, 0.6) is 0 Å². The van der Waals surface area contributed by atoms with Crippen LogP contribution in [0.15, 0.2) is 18.2 Å². The van der Waals surface area contributed by atoms with Crippen molar-refractivity contribution < 1.29 is 9.59 Å². The Kier molecular flexibility index (Phi) is 5.11. The minimum atomic E-state index is -0.327. The van der Waals surface area contributed by atoms with Gasteiger partial charge in [-0.1, -0.05) is 18.9 Å². The Labute approximate surface area is 159 Å². The zero-order chi connectivity index (χ0) is 18.1. The third-order valence-electron chi connectivity index (χ3n) is 5.97. The van der Waals surface area contributed by atoms with Crippen molar-refractivity contribution in [3.05, 3.63) is 29.3 Å². The highest BCUT2D eigenvalue weighted by atomic mass is 32.2. The summed E-state index contributed by atoms with van der Waals surface area (Å²) in [6, 6.07) is 5.67. The fourth-order valence-electron chi connectivity index (χ4n) is 4.54. The lowest BCUT2D eigenvalue weighted by atomic mass is 9.87. The fourth-order valence-corrected chi connectivity index (χ4v) is 5.70. The first-order valence-corrected chi connectivity index (χ1v) is 10.9. The molecule has 1 aliphatic heterocycles. The normalized spacial score (nSPS) is 25.9. The van der Waals surface area contributed by atoms with Gasteiger partial charge >= 0.3 is 0 Å². The Morgan fingerprint density at radius 1 is 1.15 bits per heavy atom. The maximum absolute atomic E-state index is 13.0. The fraction of sp³-hybridized carbons (Fsp3) is 0.600. The number of amides is 2. The van der Waals surface area contributed by atoms with Crippen molar-refractivity contribution >= 4 is 29.3 Å². The average molecular weight is 374 g/mol. The second kappa shape index (κ2) is 7.51. The van der Waals surface area contributed by atoms with E-state index in [1.54, 1.807) is 11.8 Å². The van der Waals surface area contributed by atoms with E-state index in [0.717, 1.165) is 50.6 Å². The number of carbonyl (C=O) groups excluding carboxylic acids is 2. The van der Waals surface area contributed by atoms with E-state index in [1.807, 2.05) is 23.1 Å². The van der Waals surface area contributed by atoms with E-state index < -0.39 is 0 Å². The van der Waals surface area contributed by atoms with Gasteiger partial charge in [0, 0.05) is 17.4 Å². The molecule has 140 valence electrons. The molecule has 4 rings (SSSR count). The first-order valence-electron chi connectivity index (χ1n) is 9.70. The van der Waals surface area contributed by atoms with Gasteiger partial charge < -0.3 is 16.0 Å². The lowest BCUT2D eigenvalue weighted by molar-refractivity contribution is -0.141. The molecule has 2 atom stereocenters. The first-order chi connectivity index (χ1) is 12.6. The van der Waals surface area contributed by atoms with Crippen molar-refractivity contribution in [1.29, 1.82) is 0 Å². The minimum absolute atomic E-state index is 0.00368. The van der Waals surface area contributed by atoms with Crippen LogP contribution in [0.1, 0.15) is 55.7 Å². The summed E-state index contributed by atoms with van der Waals surface area (Å²) >= 11 is 1.68. The average Bonchev–Trinajstić information content (AvgIpc) is 3.33. The van der Waals surface area contributed by atoms with Gasteiger partial charge in [0.15, 0.2) is 0 Å². The van der Waals surface area contributed by atoms with E-state index in [4.69, 9.17) is 5.73 Å². The van der Waals surface area contributed by atoms with E-state index in [9.17, 15) is 9.59 Å². The molecule has 0 bridgehead atoms. The van der Waals surface area contributed by atoms with Crippen molar-refractivity contribution in [2.45, 2.75) is 57.0 Å². The summed E-state index contributed by atoms with van der Waals surface area (Å²) in [4.78, 5) is 27.6. The van der Waals surface area contributed by atoms with E-state index in [0.29, 0.717) is 11.6 Å². The number of carbonyl (C=O) groups is 2. The molecule has 6 heteroatoms. The van der Waals surface area contributed by atoms with Gasteiger partial charge in [0.05, 0.1) is 11.9 Å². The van der Waals surface area contributed by atoms with Crippen LogP contribution in [0.4, 0.5) is 5.69 Å². The van der Waals surface area contributed by atoms with Gasteiger partial charge in [-0.2, -0.15) is 0 Å². The lowest BCUT2D eigenvalue weighted by Gasteiger charge is -2.30. The van der Waals surface area contributed by atoms with Gasteiger partial charge in [-0.05, 0) is 55.4 Å². The Morgan fingerprint density at radius 3 is 2.77 bits per heavy atom. The number of benzene rings is 1. The zero-order valence-electron chi connectivity index (χ0n) is 15.1. The number of thioether (sulfide) groups is 1. The number of anilines is 1. The Bertz CT molecular complexity index is 702. The molecular formula is C20H27N3O2S. The summed E-state index contributed by atoms with van der Waals surface area (Å²) in [7, 11) is 0. The molecule has 0 aromatic heterocycles. The molecule has 1 saturated heterocycles. The second-order valence-electron chi connectivity index (χ2n) is 7.72. The molecule has 2 aliphatic carbocycles. The molecule has 0 radical (unpaired) electrons. The number of nitrogens with two attached hydrogens (primary N) is 1. The third kappa shape index (κ3) is 3.43. The van der Waals surface area contributed by atoms with E-state index >= 15 is 0 Å². The maximum atomic E-state index is 13.0. The van der Waals surface area contributed by atoms with Crippen LogP contribution < -0.4 is 11.1 Å². The smallest absolute Gasteiger partial charge is 0.244 e. The molecular weight excluding hydrogens is 346 g/mol. The third-order valence-corrected chi connectivity index (χ3v) is 6.98. The van der Waals surface area contributed by atoms with Gasteiger partial charge in [-0.15, -0.1) is 11.8 Å². The number of nitrogen functional groups attached to an aromatic ring is 1. The van der Waals surface area contributed by atoms with Gasteiger partial charge in [0.25, 0.3) is 0 Å². The van der Waals surface area contributed by atoms with Crippen LogP contribution in [0.3, 0.4) is 0 Å². The van der Waals surface area contributed by atoms with E-state index in [-0.39, 0.29) is 29.8 Å². The standard InChI is InChI=1S/C20H27N3O2S/c21-15-8-9-16-14(10-15)6-3-7-17(16)22-19(24)18-11-26-12-23(18)20(25)13-4-1-2-5-13/h8-10,13,17-18H,1-7,11-12,21H2,(H,22,24). The van der Waals surface area contributed by atoms with Crippen molar-refractivity contribution in [3.63, 3.8) is 0 Å². The minimum Gasteiger partial charge on any atom is -0.399 e. The molecule has 26 heavy (non-hydrogen) atoms. The highest BCUT2D eigenvalue weighted by molar-refractivity contribution is 7.99. The van der Waals surface area contributed by atoms with Crippen molar-refractivity contribution in [3.8, 4) is 0 Å². The highest BCUT2D eigenvalue weighted by Crippen LogP contribution is 2.33. The molecule has 1 aromatic rings. The van der Waals surface area contributed by atoms with Gasteiger partial charge in [-0.25, -0.2) is 0 Å². The van der Waals surface area contributed by atoms with Crippen LogP contribution in [0, 0.1) is 5.92 Å². The first kappa shape index (κ1) is 17.7. The lowest BCUT2D eigenvalue weighted by Crippen LogP contribution is -2.49. The number of fused-ring (bicyclic) bond motifs is 1. The molecule has 1 heterocycles. The number of aryl methyl sites for hydroxylation is 1. The topological polar surface area (TPSA) is 75.4 Å². The molecule has 3 aliphatic rings. The summed E-state index contributed by atoms with van der Waals surface area (Å²) in [5.74, 6) is 1.65. The van der Waals surface area contributed by atoms with Gasteiger partial charge in [-0.3, -0.25) is 9.59 Å². The molecule has 2 amide bonds. The van der Waals surface area contributed by atoms with E-state index in [1.165, 1.54) is 11.1 Å². The summed E-state index contributed by atoms with van der Waals surface area (Å²) in [6.07, 6.45) is 7.23.